The van der Waals surface area contributed by atoms with E-state index in [0.717, 1.165) is 9.99 Å². The number of rotatable bonds is 0. The maximum Gasteiger partial charge on any atom is 0.108 e. The van der Waals surface area contributed by atoms with Crippen molar-refractivity contribution < 1.29 is 0 Å². The van der Waals surface area contributed by atoms with Crippen molar-refractivity contribution in [1.29, 1.82) is 0 Å². The van der Waals surface area contributed by atoms with Crippen LogP contribution in [0.1, 0.15) is 0 Å². The fourth-order valence-corrected chi connectivity index (χ4v) is 2.14. The molecule has 0 saturated carbocycles. The highest BCUT2D eigenvalue weighted by molar-refractivity contribution is 14.1. The SMILES string of the molecule is Cn1nc2c(Br)cccc2c1I. The number of hydrogen-bond donors (Lipinski definition) is 0. The van der Waals surface area contributed by atoms with Gasteiger partial charge in [0.05, 0.1) is 0 Å². The van der Waals surface area contributed by atoms with Gasteiger partial charge in [-0.3, -0.25) is 4.68 Å². The van der Waals surface area contributed by atoms with Gasteiger partial charge in [-0.1, -0.05) is 12.1 Å². The Kier molecular flexibility index (Phi) is 2.12. The first-order valence-electron chi connectivity index (χ1n) is 3.47. The Hall–Kier alpha value is -0.100. The van der Waals surface area contributed by atoms with E-state index in [1.54, 1.807) is 0 Å². The number of hydrogen-bond acceptors (Lipinski definition) is 1. The molecule has 0 aliphatic rings. The Bertz CT molecular complexity index is 436. The lowest BCUT2D eigenvalue weighted by atomic mass is 10.3. The second-order valence-corrected chi connectivity index (χ2v) is 4.43. The van der Waals surface area contributed by atoms with Gasteiger partial charge in [-0.25, -0.2) is 0 Å². The molecule has 0 saturated heterocycles. The summed E-state index contributed by atoms with van der Waals surface area (Å²) >= 11 is 5.76. The molecule has 0 N–H and O–H groups in total. The van der Waals surface area contributed by atoms with Gasteiger partial charge in [0.25, 0.3) is 0 Å². The Labute approximate surface area is 92.2 Å². The lowest BCUT2D eigenvalue weighted by molar-refractivity contribution is 0.758. The van der Waals surface area contributed by atoms with Crippen LogP contribution in [-0.4, -0.2) is 9.78 Å². The van der Waals surface area contributed by atoms with Crippen molar-refractivity contribution >= 4 is 49.4 Å². The average Bonchev–Trinajstić information content (AvgIpc) is 2.32. The maximum atomic E-state index is 4.37. The van der Waals surface area contributed by atoms with Crippen LogP contribution in [0, 0.1) is 3.70 Å². The number of aromatic nitrogens is 2. The normalized spacial score (nSPS) is 10.9. The first-order valence-corrected chi connectivity index (χ1v) is 5.34. The molecule has 1 heterocycles. The van der Waals surface area contributed by atoms with E-state index in [-0.39, 0.29) is 0 Å². The molecule has 0 amide bonds. The zero-order chi connectivity index (χ0) is 8.72. The molecule has 2 rings (SSSR count). The Morgan fingerprint density at radius 2 is 2.25 bits per heavy atom. The zero-order valence-corrected chi connectivity index (χ0v) is 10.1. The van der Waals surface area contributed by atoms with E-state index in [1.807, 2.05) is 23.9 Å². The number of halogens is 2. The van der Waals surface area contributed by atoms with Crippen LogP contribution in [-0.2, 0) is 7.05 Å². The van der Waals surface area contributed by atoms with Gasteiger partial charge in [0.2, 0.25) is 0 Å². The molecule has 0 bridgehead atoms. The molecular weight excluding hydrogens is 331 g/mol. The molecule has 1 aromatic carbocycles. The summed E-state index contributed by atoms with van der Waals surface area (Å²) < 4.78 is 4.11. The molecule has 0 radical (unpaired) electrons. The first-order chi connectivity index (χ1) is 5.70. The van der Waals surface area contributed by atoms with Crippen molar-refractivity contribution in [1.82, 2.24) is 9.78 Å². The summed E-state index contributed by atoms with van der Waals surface area (Å²) in [5.74, 6) is 0. The third-order valence-corrected chi connectivity index (χ3v) is 3.66. The molecule has 0 aliphatic heterocycles. The van der Waals surface area contributed by atoms with Gasteiger partial charge in [0.1, 0.15) is 9.22 Å². The highest BCUT2D eigenvalue weighted by atomic mass is 127. The zero-order valence-electron chi connectivity index (χ0n) is 6.38. The minimum atomic E-state index is 1.03. The maximum absolute atomic E-state index is 4.37. The number of aryl methyl sites for hydroxylation is 1. The van der Waals surface area contributed by atoms with Crippen molar-refractivity contribution in [2.75, 3.05) is 0 Å². The first kappa shape index (κ1) is 8.50. The van der Waals surface area contributed by atoms with Crippen LogP contribution in [0.3, 0.4) is 0 Å². The van der Waals surface area contributed by atoms with Gasteiger partial charge in [-0.2, -0.15) is 5.10 Å². The van der Waals surface area contributed by atoms with E-state index in [0.29, 0.717) is 0 Å². The van der Waals surface area contributed by atoms with Gasteiger partial charge in [0, 0.05) is 16.9 Å². The summed E-state index contributed by atoms with van der Waals surface area (Å²) in [5, 5.41) is 5.58. The van der Waals surface area contributed by atoms with E-state index >= 15 is 0 Å². The van der Waals surface area contributed by atoms with Crippen LogP contribution in [0.2, 0.25) is 0 Å². The molecule has 4 heteroatoms. The van der Waals surface area contributed by atoms with Gasteiger partial charge < -0.3 is 0 Å². The lowest BCUT2D eigenvalue weighted by Gasteiger charge is -1.89. The van der Waals surface area contributed by atoms with Crippen LogP contribution in [0.25, 0.3) is 10.9 Å². The largest absolute Gasteiger partial charge is 0.261 e. The smallest absolute Gasteiger partial charge is 0.108 e. The second kappa shape index (κ2) is 2.99. The summed E-state index contributed by atoms with van der Waals surface area (Å²) in [4.78, 5) is 0. The second-order valence-electron chi connectivity index (χ2n) is 2.55. The molecule has 0 spiro atoms. The Morgan fingerprint density at radius 3 is 2.92 bits per heavy atom. The molecule has 1 aromatic heterocycles. The topological polar surface area (TPSA) is 17.8 Å². The monoisotopic (exact) mass is 336 g/mol. The molecular formula is C8H6BrIN2. The van der Waals surface area contributed by atoms with Crippen molar-refractivity contribution in [3.8, 4) is 0 Å². The molecule has 0 fully saturated rings. The molecule has 2 aromatic rings. The molecule has 0 aliphatic carbocycles. The van der Waals surface area contributed by atoms with E-state index in [4.69, 9.17) is 0 Å². The third kappa shape index (κ3) is 1.17. The quantitative estimate of drug-likeness (QED) is 0.676. The van der Waals surface area contributed by atoms with Crippen LogP contribution in [0.4, 0.5) is 0 Å². The standard InChI is InChI=1S/C8H6BrIN2/c1-12-8(10)5-3-2-4-6(9)7(5)11-12/h2-4H,1H3. The van der Waals surface area contributed by atoms with Crippen LogP contribution in [0.15, 0.2) is 22.7 Å². The molecule has 0 unspecified atom stereocenters. The number of fused-ring (bicyclic) bond motifs is 1. The average molecular weight is 337 g/mol. The predicted octanol–water partition coefficient (Wildman–Crippen LogP) is 2.94. The van der Waals surface area contributed by atoms with E-state index < -0.39 is 0 Å². The van der Waals surface area contributed by atoms with Crippen LogP contribution >= 0.6 is 38.5 Å². The summed E-state index contributed by atoms with van der Waals surface area (Å²) in [6, 6.07) is 6.11. The van der Waals surface area contributed by atoms with Crippen molar-refractivity contribution in [2.45, 2.75) is 0 Å². The van der Waals surface area contributed by atoms with Gasteiger partial charge in [0.15, 0.2) is 0 Å². The van der Waals surface area contributed by atoms with Crippen molar-refractivity contribution in [3.05, 3.63) is 26.4 Å². The molecule has 12 heavy (non-hydrogen) atoms. The Balaban J connectivity index is 2.95. The third-order valence-electron chi connectivity index (χ3n) is 1.74. The fraction of sp³-hybridized carbons (Fsp3) is 0.125. The summed E-state index contributed by atoms with van der Waals surface area (Å²) in [7, 11) is 1.95. The lowest BCUT2D eigenvalue weighted by Crippen LogP contribution is -1.91. The molecule has 0 atom stereocenters. The van der Waals surface area contributed by atoms with Gasteiger partial charge in [-0.15, -0.1) is 0 Å². The summed E-state index contributed by atoms with van der Waals surface area (Å²) in [5.41, 5.74) is 1.03. The highest BCUT2D eigenvalue weighted by Crippen LogP contribution is 2.25. The minimum Gasteiger partial charge on any atom is -0.261 e. The van der Waals surface area contributed by atoms with E-state index in [9.17, 15) is 0 Å². The molecule has 62 valence electrons. The Morgan fingerprint density at radius 1 is 1.50 bits per heavy atom. The predicted molar refractivity (Wildman–Crippen MR) is 61.1 cm³/mol. The highest BCUT2D eigenvalue weighted by Gasteiger charge is 2.07. The summed E-state index contributed by atoms with van der Waals surface area (Å²) in [6.07, 6.45) is 0. The van der Waals surface area contributed by atoms with Gasteiger partial charge in [-0.05, 0) is 44.6 Å². The fourth-order valence-electron chi connectivity index (χ4n) is 1.15. The van der Waals surface area contributed by atoms with Crippen LogP contribution in [0.5, 0.6) is 0 Å². The van der Waals surface area contributed by atoms with Crippen molar-refractivity contribution in [3.63, 3.8) is 0 Å². The van der Waals surface area contributed by atoms with Crippen LogP contribution < -0.4 is 0 Å². The number of nitrogens with zero attached hydrogens (tertiary/aromatic N) is 2. The van der Waals surface area contributed by atoms with E-state index in [2.05, 4.69) is 49.7 Å². The van der Waals surface area contributed by atoms with E-state index in [1.165, 1.54) is 9.09 Å². The van der Waals surface area contributed by atoms with Crippen molar-refractivity contribution in [2.24, 2.45) is 7.05 Å². The molecule has 2 nitrogen and oxygen atoms in total. The summed E-state index contributed by atoms with van der Waals surface area (Å²) in [6.45, 7) is 0. The minimum absolute atomic E-state index is 1.03. The number of benzene rings is 1. The van der Waals surface area contributed by atoms with Gasteiger partial charge >= 0.3 is 0 Å².